The summed E-state index contributed by atoms with van der Waals surface area (Å²) in [5, 5.41) is 0. The number of ether oxygens (including phenoxy) is 5. The number of esters is 2. The third-order valence-electron chi connectivity index (χ3n) is 6.43. The summed E-state index contributed by atoms with van der Waals surface area (Å²) in [7, 11) is 0. The van der Waals surface area contributed by atoms with Crippen LogP contribution in [0.3, 0.4) is 0 Å². The normalized spacial score (nSPS) is 21.4. The van der Waals surface area contributed by atoms with Crippen molar-refractivity contribution in [3.8, 4) is 0 Å². The molecule has 3 rings (SSSR count). The second kappa shape index (κ2) is 17.3. The summed E-state index contributed by atoms with van der Waals surface area (Å²) in [4.78, 5) is 74.9. The maximum atomic E-state index is 12.5. The maximum Gasteiger partial charge on any atom is 0.417 e. The first-order valence-corrected chi connectivity index (χ1v) is 16.5. The van der Waals surface area contributed by atoms with Crippen molar-refractivity contribution in [3.63, 3.8) is 0 Å². The molecule has 3 aliphatic rings. The number of carbonyl (C=O) groups is 6. The average molecular weight is 683 g/mol. The summed E-state index contributed by atoms with van der Waals surface area (Å²) >= 11 is 0. The fourth-order valence-corrected chi connectivity index (χ4v) is 4.65. The molecule has 0 aliphatic carbocycles. The lowest BCUT2D eigenvalue weighted by Gasteiger charge is -2.28. The Hall–Kier alpha value is -3.48. The molecule has 3 fully saturated rings. The average Bonchev–Trinajstić information content (AvgIpc) is 3.62. The molecular formula is C35H58N2O11. The number of carbonyl (C=O) groups excluding carboxylic acids is 6. The van der Waals surface area contributed by atoms with Gasteiger partial charge in [0.05, 0.1) is 0 Å². The van der Waals surface area contributed by atoms with Crippen LogP contribution in [0, 0.1) is 5.92 Å². The highest BCUT2D eigenvalue weighted by Gasteiger charge is 2.49. The zero-order valence-electron chi connectivity index (χ0n) is 31.1. The first-order valence-electron chi connectivity index (χ1n) is 16.5. The van der Waals surface area contributed by atoms with E-state index in [0.29, 0.717) is 6.42 Å². The van der Waals surface area contributed by atoms with Gasteiger partial charge >= 0.3 is 24.1 Å². The molecule has 0 aromatic carbocycles. The van der Waals surface area contributed by atoms with Gasteiger partial charge in [0.1, 0.15) is 34.5 Å². The van der Waals surface area contributed by atoms with Crippen molar-refractivity contribution in [1.82, 2.24) is 9.80 Å². The van der Waals surface area contributed by atoms with Crippen LogP contribution in [0.2, 0.25) is 0 Å². The minimum Gasteiger partial charge on any atom is -0.458 e. The molecule has 1 unspecified atom stereocenters. The Kier molecular flexibility index (Phi) is 15.3. The molecule has 0 saturated carbocycles. The maximum absolute atomic E-state index is 12.5. The summed E-state index contributed by atoms with van der Waals surface area (Å²) < 4.78 is 25.9. The molecule has 0 spiro atoms. The van der Waals surface area contributed by atoms with Gasteiger partial charge in [-0.05, 0) is 115 Å². The monoisotopic (exact) mass is 682 g/mol. The standard InChI is InChI=1S/C17H27NO5.C14H23NO5.C4H8O/c1-8-9-11-10-12(14(20)22-16(2,3)4)18(13(11)19)15(21)23-17(5,6)7;1-13(2,3)19-11(17)9-7-8-10(16)15(9)12(18)20-14(4,5)6;1-2-4-5-3-1/h8,11-12H,1,9-10H2,2-7H3;9H,7-8H2,1-6H3;1-4H2/t11?,12-;9-;/m00./s1. The molecule has 274 valence electrons. The van der Waals surface area contributed by atoms with Gasteiger partial charge in [-0.1, -0.05) is 6.08 Å². The van der Waals surface area contributed by atoms with E-state index in [4.69, 9.17) is 23.7 Å². The molecule has 48 heavy (non-hydrogen) atoms. The molecular weight excluding hydrogens is 624 g/mol. The van der Waals surface area contributed by atoms with Gasteiger partial charge < -0.3 is 23.7 Å². The number of hydrogen-bond acceptors (Lipinski definition) is 11. The van der Waals surface area contributed by atoms with Gasteiger partial charge in [-0.25, -0.2) is 29.0 Å². The Morgan fingerprint density at radius 3 is 1.50 bits per heavy atom. The van der Waals surface area contributed by atoms with Crippen LogP contribution in [0.15, 0.2) is 12.7 Å². The Balaban J connectivity index is 0.000000420. The highest BCUT2D eigenvalue weighted by atomic mass is 16.6. The van der Waals surface area contributed by atoms with E-state index in [1.165, 1.54) is 12.8 Å². The predicted molar refractivity (Wildman–Crippen MR) is 178 cm³/mol. The molecule has 0 N–H and O–H groups in total. The molecule has 3 heterocycles. The van der Waals surface area contributed by atoms with E-state index in [2.05, 4.69) is 6.58 Å². The molecule has 13 heteroatoms. The van der Waals surface area contributed by atoms with Crippen LogP contribution in [-0.4, -0.2) is 93.4 Å². The first kappa shape index (κ1) is 42.5. The Labute approximate surface area is 286 Å². The van der Waals surface area contributed by atoms with Gasteiger partial charge in [-0.15, -0.1) is 6.58 Å². The third-order valence-corrected chi connectivity index (χ3v) is 6.43. The molecule has 3 aliphatic heterocycles. The van der Waals surface area contributed by atoms with Gasteiger partial charge in [-0.3, -0.25) is 9.59 Å². The number of amides is 4. The van der Waals surface area contributed by atoms with Crippen LogP contribution in [0.5, 0.6) is 0 Å². The molecule has 0 aromatic rings. The molecule has 4 amide bonds. The van der Waals surface area contributed by atoms with E-state index in [-0.39, 0.29) is 19.3 Å². The fraction of sp³-hybridized carbons (Fsp3) is 0.771. The van der Waals surface area contributed by atoms with Crippen molar-refractivity contribution in [2.45, 2.75) is 156 Å². The summed E-state index contributed by atoms with van der Waals surface area (Å²) in [6, 6.07) is -1.85. The Bertz CT molecular complexity index is 1160. The minimum absolute atomic E-state index is 0.142. The van der Waals surface area contributed by atoms with Gasteiger partial charge in [0.2, 0.25) is 11.8 Å². The van der Waals surface area contributed by atoms with E-state index in [1.54, 1.807) is 89.2 Å². The number of hydrogen-bond donors (Lipinski definition) is 0. The van der Waals surface area contributed by atoms with Crippen LogP contribution >= 0.6 is 0 Å². The zero-order chi connectivity index (χ0) is 37.3. The van der Waals surface area contributed by atoms with E-state index in [9.17, 15) is 28.8 Å². The van der Waals surface area contributed by atoms with Crippen LogP contribution < -0.4 is 0 Å². The lowest BCUT2D eigenvalue weighted by molar-refractivity contribution is -0.162. The van der Waals surface area contributed by atoms with Crippen molar-refractivity contribution in [2.24, 2.45) is 5.92 Å². The molecule has 13 nitrogen and oxygen atoms in total. The summed E-state index contributed by atoms with van der Waals surface area (Å²) in [6.45, 7) is 26.2. The summed E-state index contributed by atoms with van der Waals surface area (Å²) in [6.07, 6.45) is 3.58. The molecule has 0 aromatic heterocycles. The predicted octanol–water partition coefficient (Wildman–Crippen LogP) is 6.11. The first-order chi connectivity index (χ1) is 21.8. The van der Waals surface area contributed by atoms with Crippen molar-refractivity contribution in [3.05, 3.63) is 12.7 Å². The van der Waals surface area contributed by atoms with E-state index in [1.807, 2.05) is 0 Å². The number of rotatable bonds is 4. The van der Waals surface area contributed by atoms with Crippen LogP contribution in [-0.2, 0) is 42.9 Å². The number of allylic oxidation sites excluding steroid dienone is 1. The van der Waals surface area contributed by atoms with Crippen LogP contribution in [0.4, 0.5) is 9.59 Å². The molecule has 0 bridgehead atoms. The Morgan fingerprint density at radius 1 is 0.708 bits per heavy atom. The lowest BCUT2D eigenvalue weighted by Crippen LogP contribution is -2.47. The SMILES string of the molecule is C1CCOC1.C=CCC1C[C@@H](C(=O)OC(C)(C)C)N(C(=O)OC(C)(C)C)C1=O.CC(C)(C)OC(=O)[C@@H]1CCC(=O)N1C(=O)OC(C)(C)C. The largest absolute Gasteiger partial charge is 0.458 e. The highest BCUT2D eigenvalue weighted by molar-refractivity contribution is 6.01. The minimum atomic E-state index is -0.957. The number of likely N-dealkylation sites (tertiary alicyclic amines) is 2. The summed E-state index contributed by atoms with van der Waals surface area (Å²) in [5.41, 5.74) is -2.84. The fourth-order valence-electron chi connectivity index (χ4n) is 4.65. The number of imide groups is 2. The lowest BCUT2D eigenvalue weighted by atomic mass is 10.0. The van der Waals surface area contributed by atoms with Crippen LogP contribution in [0.1, 0.15) is 122 Å². The van der Waals surface area contributed by atoms with Gasteiger partial charge in [0.25, 0.3) is 0 Å². The van der Waals surface area contributed by atoms with Crippen molar-refractivity contribution >= 4 is 35.9 Å². The second-order valence-corrected chi connectivity index (χ2v) is 15.8. The van der Waals surface area contributed by atoms with E-state index in [0.717, 1.165) is 23.0 Å². The van der Waals surface area contributed by atoms with Gasteiger partial charge in [0, 0.05) is 25.6 Å². The third kappa shape index (κ3) is 15.2. The smallest absolute Gasteiger partial charge is 0.417 e. The zero-order valence-corrected chi connectivity index (χ0v) is 31.1. The molecule has 0 radical (unpaired) electrons. The topological polar surface area (TPSA) is 155 Å². The number of nitrogens with zero attached hydrogens (tertiary/aromatic N) is 2. The van der Waals surface area contributed by atoms with Crippen molar-refractivity contribution in [1.29, 1.82) is 0 Å². The Morgan fingerprint density at radius 2 is 1.12 bits per heavy atom. The van der Waals surface area contributed by atoms with E-state index >= 15 is 0 Å². The second-order valence-electron chi connectivity index (χ2n) is 15.8. The molecule has 3 saturated heterocycles. The highest BCUT2D eigenvalue weighted by Crippen LogP contribution is 2.31. The van der Waals surface area contributed by atoms with Crippen LogP contribution in [0.25, 0.3) is 0 Å². The van der Waals surface area contributed by atoms with Crippen molar-refractivity contribution in [2.75, 3.05) is 13.2 Å². The quantitative estimate of drug-likeness (QED) is 0.192. The summed E-state index contributed by atoms with van der Waals surface area (Å²) in [5.74, 6) is -2.46. The van der Waals surface area contributed by atoms with Gasteiger partial charge in [0.15, 0.2) is 0 Å². The van der Waals surface area contributed by atoms with Gasteiger partial charge in [-0.2, -0.15) is 0 Å². The molecule has 3 atom stereocenters. The van der Waals surface area contributed by atoms with E-state index < -0.39 is 76.3 Å². The van der Waals surface area contributed by atoms with Crippen molar-refractivity contribution < 1.29 is 52.5 Å².